The summed E-state index contributed by atoms with van der Waals surface area (Å²) in [7, 11) is 0. The first-order valence-electron chi connectivity index (χ1n) is 10.1. The minimum atomic E-state index is -0.178. The molecule has 0 aliphatic carbocycles. The third-order valence-electron chi connectivity index (χ3n) is 5.09. The van der Waals surface area contributed by atoms with Crippen LogP contribution in [-0.2, 0) is 17.9 Å². The Morgan fingerprint density at radius 1 is 0.933 bits per heavy atom. The average molecular weight is 400 g/mol. The van der Waals surface area contributed by atoms with E-state index in [1.54, 1.807) is 6.07 Å². The number of carbonyl (C=O) groups is 2. The number of nitrogens with zero attached hydrogens (tertiary/aromatic N) is 1. The van der Waals surface area contributed by atoms with Crippen LogP contribution in [0.1, 0.15) is 34.3 Å². The van der Waals surface area contributed by atoms with Crippen LogP contribution in [0.25, 0.3) is 0 Å². The Bertz CT molecular complexity index is 1020. The first kappa shape index (κ1) is 19.7. The molecule has 0 aromatic heterocycles. The third-order valence-corrected chi connectivity index (χ3v) is 5.09. The fourth-order valence-corrected chi connectivity index (χ4v) is 3.48. The lowest BCUT2D eigenvalue weighted by Crippen LogP contribution is -2.24. The monoisotopic (exact) mass is 400 g/mol. The largest absolute Gasteiger partial charge is 0.489 e. The molecule has 3 aromatic rings. The highest BCUT2D eigenvalue weighted by molar-refractivity contribution is 6.04. The van der Waals surface area contributed by atoms with Gasteiger partial charge in [0.1, 0.15) is 12.4 Å². The van der Waals surface area contributed by atoms with Gasteiger partial charge in [0.15, 0.2) is 0 Å². The summed E-state index contributed by atoms with van der Waals surface area (Å²) in [6.07, 6.45) is 1.52. The van der Waals surface area contributed by atoms with E-state index < -0.39 is 0 Å². The number of ether oxygens (including phenoxy) is 1. The van der Waals surface area contributed by atoms with E-state index in [4.69, 9.17) is 4.74 Å². The normalized spacial score (nSPS) is 13.3. The van der Waals surface area contributed by atoms with Crippen molar-refractivity contribution < 1.29 is 14.3 Å². The second-order valence-corrected chi connectivity index (χ2v) is 7.37. The van der Waals surface area contributed by atoms with Crippen LogP contribution >= 0.6 is 0 Å². The molecule has 1 fully saturated rings. The lowest BCUT2D eigenvalue weighted by Gasteiger charge is -2.16. The van der Waals surface area contributed by atoms with Gasteiger partial charge in [0.25, 0.3) is 5.91 Å². The van der Waals surface area contributed by atoms with Crippen LogP contribution in [0.4, 0.5) is 5.69 Å². The number of benzene rings is 3. The minimum absolute atomic E-state index is 0.178. The summed E-state index contributed by atoms with van der Waals surface area (Å²) >= 11 is 0. The van der Waals surface area contributed by atoms with Gasteiger partial charge in [0.05, 0.1) is 0 Å². The zero-order valence-electron chi connectivity index (χ0n) is 16.7. The van der Waals surface area contributed by atoms with Crippen molar-refractivity contribution in [2.75, 3.05) is 11.9 Å². The number of anilines is 1. The van der Waals surface area contributed by atoms with Crippen LogP contribution in [-0.4, -0.2) is 23.3 Å². The Morgan fingerprint density at radius 3 is 2.43 bits per heavy atom. The van der Waals surface area contributed by atoms with Gasteiger partial charge in [-0.1, -0.05) is 42.5 Å². The van der Waals surface area contributed by atoms with Gasteiger partial charge in [0, 0.05) is 30.8 Å². The number of hydrogen-bond donors (Lipinski definition) is 1. The smallest absolute Gasteiger partial charge is 0.255 e. The Hall–Kier alpha value is -3.60. The molecule has 1 aliphatic heterocycles. The highest BCUT2D eigenvalue weighted by Crippen LogP contribution is 2.19. The molecule has 30 heavy (non-hydrogen) atoms. The fraction of sp³-hybridized carbons (Fsp3) is 0.200. The van der Waals surface area contributed by atoms with Crippen molar-refractivity contribution in [3.8, 4) is 5.75 Å². The molecule has 0 unspecified atom stereocenters. The molecule has 1 heterocycles. The molecule has 1 N–H and O–H groups in total. The predicted molar refractivity (Wildman–Crippen MR) is 116 cm³/mol. The quantitative estimate of drug-likeness (QED) is 0.629. The van der Waals surface area contributed by atoms with Gasteiger partial charge >= 0.3 is 0 Å². The van der Waals surface area contributed by atoms with E-state index in [2.05, 4.69) is 5.32 Å². The highest BCUT2D eigenvalue weighted by atomic mass is 16.5. The average Bonchev–Trinajstić information content (AvgIpc) is 3.18. The molecule has 1 saturated heterocycles. The Labute approximate surface area is 176 Å². The summed E-state index contributed by atoms with van der Waals surface area (Å²) in [5.41, 5.74) is 3.34. The van der Waals surface area contributed by atoms with Gasteiger partial charge in [0.2, 0.25) is 5.91 Å². The van der Waals surface area contributed by atoms with Crippen molar-refractivity contribution in [2.45, 2.75) is 26.0 Å². The van der Waals surface area contributed by atoms with Crippen molar-refractivity contribution in [1.82, 2.24) is 4.90 Å². The molecule has 0 atom stereocenters. The van der Waals surface area contributed by atoms with E-state index in [0.29, 0.717) is 30.8 Å². The predicted octanol–water partition coefficient (Wildman–Crippen LogP) is 4.64. The maximum atomic E-state index is 12.6. The molecule has 5 nitrogen and oxygen atoms in total. The van der Waals surface area contributed by atoms with Crippen LogP contribution in [0.2, 0.25) is 0 Å². The zero-order chi connectivity index (χ0) is 20.8. The topological polar surface area (TPSA) is 58.6 Å². The summed E-state index contributed by atoms with van der Waals surface area (Å²) in [5.74, 6) is 0.746. The summed E-state index contributed by atoms with van der Waals surface area (Å²) in [5, 5.41) is 2.91. The Balaban J connectivity index is 1.34. The molecule has 152 valence electrons. The van der Waals surface area contributed by atoms with Gasteiger partial charge in [-0.05, 0) is 53.9 Å². The number of hydrogen-bond acceptors (Lipinski definition) is 3. The molecule has 2 amide bonds. The molecule has 3 aromatic carbocycles. The third kappa shape index (κ3) is 5.06. The SMILES string of the molecule is O=C(Nc1ccc(OCc2ccccc2)cc1)c1cccc(CN2CCCC2=O)c1. The maximum absolute atomic E-state index is 12.6. The molecule has 0 bridgehead atoms. The lowest BCUT2D eigenvalue weighted by molar-refractivity contribution is -0.128. The van der Waals surface area contributed by atoms with E-state index >= 15 is 0 Å². The van der Waals surface area contributed by atoms with E-state index in [1.807, 2.05) is 77.7 Å². The van der Waals surface area contributed by atoms with Crippen LogP contribution < -0.4 is 10.1 Å². The van der Waals surface area contributed by atoms with Crippen LogP contribution in [0, 0.1) is 0 Å². The van der Waals surface area contributed by atoms with Gasteiger partial charge in [-0.25, -0.2) is 0 Å². The molecule has 0 saturated carbocycles. The van der Waals surface area contributed by atoms with Crippen molar-refractivity contribution >= 4 is 17.5 Å². The molecule has 4 rings (SSSR count). The van der Waals surface area contributed by atoms with E-state index in [1.165, 1.54) is 0 Å². The van der Waals surface area contributed by atoms with Gasteiger partial charge in [-0.15, -0.1) is 0 Å². The number of carbonyl (C=O) groups excluding carboxylic acids is 2. The van der Waals surface area contributed by atoms with Crippen molar-refractivity contribution in [2.24, 2.45) is 0 Å². The van der Waals surface area contributed by atoms with Crippen molar-refractivity contribution in [1.29, 1.82) is 0 Å². The molecular weight excluding hydrogens is 376 g/mol. The number of rotatable bonds is 7. The zero-order valence-corrected chi connectivity index (χ0v) is 16.7. The first-order chi connectivity index (χ1) is 14.7. The second-order valence-electron chi connectivity index (χ2n) is 7.37. The van der Waals surface area contributed by atoms with Gasteiger partial charge < -0.3 is 15.0 Å². The van der Waals surface area contributed by atoms with Crippen molar-refractivity contribution in [3.63, 3.8) is 0 Å². The van der Waals surface area contributed by atoms with Crippen LogP contribution in [0.15, 0.2) is 78.9 Å². The fourth-order valence-electron chi connectivity index (χ4n) is 3.48. The van der Waals surface area contributed by atoms with Crippen LogP contribution in [0.3, 0.4) is 0 Å². The summed E-state index contributed by atoms with van der Waals surface area (Å²) in [6, 6.07) is 24.7. The highest BCUT2D eigenvalue weighted by Gasteiger charge is 2.20. The number of nitrogens with one attached hydrogen (secondary N) is 1. The summed E-state index contributed by atoms with van der Waals surface area (Å²) in [4.78, 5) is 26.3. The molecule has 0 spiro atoms. The number of amides is 2. The number of likely N-dealkylation sites (tertiary alicyclic amines) is 1. The summed E-state index contributed by atoms with van der Waals surface area (Å²) in [6.45, 7) is 1.83. The Morgan fingerprint density at radius 2 is 1.70 bits per heavy atom. The maximum Gasteiger partial charge on any atom is 0.255 e. The first-order valence-corrected chi connectivity index (χ1v) is 10.1. The summed E-state index contributed by atoms with van der Waals surface area (Å²) < 4.78 is 5.78. The molecule has 5 heteroatoms. The second kappa shape index (κ2) is 9.27. The van der Waals surface area contributed by atoms with Crippen molar-refractivity contribution in [3.05, 3.63) is 95.6 Å². The van der Waals surface area contributed by atoms with E-state index in [0.717, 1.165) is 29.8 Å². The molecular formula is C25H24N2O3. The molecule has 1 aliphatic rings. The minimum Gasteiger partial charge on any atom is -0.489 e. The standard InChI is InChI=1S/C25H24N2O3/c28-24-10-5-15-27(24)17-20-8-4-9-21(16-20)25(29)26-22-11-13-23(14-12-22)30-18-19-6-2-1-3-7-19/h1-4,6-9,11-14,16H,5,10,15,17-18H2,(H,26,29). The van der Waals surface area contributed by atoms with E-state index in [9.17, 15) is 9.59 Å². The van der Waals surface area contributed by atoms with Gasteiger partial charge in [-0.3, -0.25) is 9.59 Å². The van der Waals surface area contributed by atoms with Gasteiger partial charge in [-0.2, -0.15) is 0 Å². The van der Waals surface area contributed by atoms with E-state index in [-0.39, 0.29) is 11.8 Å². The Kier molecular flexibility index (Phi) is 6.09. The van der Waals surface area contributed by atoms with Crippen LogP contribution in [0.5, 0.6) is 5.75 Å². The molecule has 0 radical (unpaired) electrons. The lowest BCUT2D eigenvalue weighted by atomic mass is 10.1.